The number of pyridine rings is 1. The van der Waals surface area contributed by atoms with Gasteiger partial charge in [-0.15, -0.1) is 0 Å². The van der Waals surface area contributed by atoms with Crippen LogP contribution < -0.4 is 15.2 Å². The summed E-state index contributed by atoms with van der Waals surface area (Å²) in [5.74, 6) is -0.220. The largest absolute Gasteiger partial charge is 0.486 e. The van der Waals surface area contributed by atoms with Crippen molar-refractivity contribution in [1.29, 1.82) is 5.26 Å². The Kier molecular flexibility index (Phi) is 4.68. The Morgan fingerprint density at radius 1 is 1.31 bits per heavy atom. The molecule has 0 fully saturated rings. The van der Waals surface area contributed by atoms with Gasteiger partial charge in [-0.25, -0.2) is 9.78 Å². The van der Waals surface area contributed by atoms with E-state index < -0.39 is 11.9 Å². The third-order valence-electron chi connectivity index (χ3n) is 4.78. The van der Waals surface area contributed by atoms with Gasteiger partial charge in [-0.1, -0.05) is 11.6 Å². The molecule has 2 N–H and O–H groups in total. The zero-order valence-corrected chi connectivity index (χ0v) is 16.4. The Labute approximate surface area is 171 Å². The molecule has 29 heavy (non-hydrogen) atoms. The molecule has 9 heteroatoms. The fraction of sp³-hybridized carbons (Fsp3) is 0.250. The van der Waals surface area contributed by atoms with Crippen molar-refractivity contribution in [3.8, 4) is 17.6 Å². The second-order valence-electron chi connectivity index (χ2n) is 6.44. The molecule has 2 aromatic rings. The van der Waals surface area contributed by atoms with Crippen molar-refractivity contribution >= 4 is 28.5 Å². The average molecular weight is 414 g/mol. The molecule has 0 aliphatic carbocycles. The second kappa shape index (κ2) is 7.18. The first-order valence-corrected chi connectivity index (χ1v) is 9.08. The van der Waals surface area contributed by atoms with Crippen LogP contribution in [0, 0.1) is 11.3 Å². The van der Waals surface area contributed by atoms with Crippen molar-refractivity contribution in [3.05, 3.63) is 51.7 Å². The number of aromatic nitrogens is 1. The number of rotatable bonds is 2. The zero-order valence-electron chi connectivity index (χ0n) is 15.6. The Morgan fingerprint density at radius 2 is 2.00 bits per heavy atom. The summed E-state index contributed by atoms with van der Waals surface area (Å²) in [7, 11) is 1.25. The van der Waals surface area contributed by atoms with Crippen LogP contribution in [0.2, 0.25) is 5.15 Å². The van der Waals surface area contributed by atoms with E-state index in [9.17, 15) is 10.1 Å². The first kappa shape index (κ1) is 18.9. The number of benzene rings is 1. The number of carbonyl (C=O) groups is 1. The maximum absolute atomic E-state index is 12.5. The lowest BCUT2D eigenvalue weighted by atomic mass is 9.83. The van der Waals surface area contributed by atoms with Crippen molar-refractivity contribution in [2.24, 2.45) is 5.73 Å². The maximum Gasteiger partial charge on any atom is 0.338 e. The Balaban J connectivity index is 1.94. The molecule has 148 valence electrons. The first-order chi connectivity index (χ1) is 13.9. The van der Waals surface area contributed by atoms with Crippen LogP contribution in [-0.4, -0.2) is 31.3 Å². The van der Waals surface area contributed by atoms with E-state index in [1.54, 1.807) is 25.1 Å². The molecule has 0 saturated carbocycles. The number of fused-ring (bicyclic) bond motifs is 2. The molecule has 3 heterocycles. The van der Waals surface area contributed by atoms with Gasteiger partial charge in [0.2, 0.25) is 5.88 Å². The molecule has 0 radical (unpaired) electrons. The van der Waals surface area contributed by atoms with Gasteiger partial charge in [0.05, 0.1) is 24.1 Å². The minimum absolute atomic E-state index is 0.0524. The Hall–Kier alpha value is -3.44. The molecule has 2 aliphatic heterocycles. The van der Waals surface area contributed by atoms with Crippen LogP contribution in [0.25, 0.3) is 10.9 Å². The number of nitriles is 1. The van der Waals surface area contributed by atoms with Gasteiger partial charge in [0.25, 0.3) is 0 Å². The molecule has 0 unspecified atom stereocenters. The Morgan fingerprint density at radius 3 is 2.66 bits per heavy atom. The number of methoxy groups -OCH3 is 1. The third-order valence-corrected chi connectivity index (χ3v) is 5.08. The van der Waals surface area contributed by atoms with Crippen molar-refractivity contribution in [3.63, 3.8) is 0 Å². The number of esters is 1. The number of hydrogen-bond donors (Lipinski definition) is 1. The van der Waals surface area contributed by atoms with Crippen LogP contribution in [0.5, 0.6) is 11.5 Å². The molecule has 1 atom stereocenters. The van der Waals surface area contributed by atoms with Crippen molar-refractivity contribution in [2.75, 3.05) is 20.3 Å². The van der Waals surface area contributed by atoms with Gasteiger partial charge in [0, 0.05) is 17.0 Å². The van der Waals surface area contributed by atoms with Gasteiger partial charge >= 0.3 is 5.97 Å². The smallest absolute Gasteiger partial charge is 0.338 e. The molecule has 0 amide bonds. The van der Waals surface area contributed by atoms with Gasteiger partial charge in [-0.05, 0) is 19.1 Å². The van der Waals surface area contributed by atoms with E-state index in [-0.39, 0.29) is 27.9 Å². The molecule has 1 aromatic carbocycles. The van der Waals surface area contributed by atoms with Crippen LogP contribution in [0.15, 0.2) is 41.0 Å². The van der Waals surface area contributed by atoms with E-state index in [1.807, 2.05) is 6.07 Å². The number of nitrogens with two attached hydrogens (primary N) is 1. The van der Waals surface area contributed by atoms with E-state index in [0.717, 1.165) is 0 Å². The molecule has 1 aromatic heterocycles. The number of ether oxygens (including phenoxy) is 4. The van der Waals surface area contributed by atoms with E-state index >= 15 is 0 Å². The number of hydrogen-bond acceptors (Lipinski definition) is 8. The first-order valence-electron chi connectivity index (χ1n) is 8.71. The summed E-state index contributed by atoms with van der Waals surface area (Å²) in [6.45, 7) is 2.47. The summed E-state index contributed by atoms with van der Waals surface area (Å²) >= 11 is 6.48. The van der Waals surface area contributed by atoms with Crippen molar-refractivity contribution < 1.29 is 23.7 Å². The topological polar surface area (TPSA) is 117 Å². The molecular formula is C20H16ClN3O5. The van der Waals surface area contributed by atoms with Crippen molar-refractivity contribution in [2.45, 2.75) is 12.8 Å². The molecule has 0 spiro atoms. The lowest BCUT2D eigenvalue weighted by Crippen LogP contribution is -2.25. The van der Waals surface area contributed by atoms with E-state index in [2.05, 4.69) is 4.98 Å². The van der Waals surface area contributed by atoms with E-state index in [0.29, 0.717) is 41.2 Å². The van der Waals surface area contributed by atoms with Crippen LogP contribution >= 0.6 is 11.6 Å². The van der Waals surface area contributed by atoms with Crippen LogP contribution in [0.3, 0.4) is 0 Å². The SMILES string of the molecule is COC(=O)C1=C(C)OC(N)=C(C#N)[C@@H]1c1cc2cc3c(cc2nc1Cl)OCCO3. The predicted octanol–water partition coefficient (Wildman–Crippen LogP) is 2.91. The summed E-state index contributed by atoms with van der Waals surface area (Å²) in [5.41, 5.74) is 7.12. The monoisotopic (exact) mass is 413 g/mol. The summed E-state index contributed by atoms with van der Waals surface area (Å²) in [6.07, 6.45) is 0. The van der Waals surface area contributed by atoms with Gasteiger partial charge in [-0.2, -0.15) is 5.26 Å². The van der Waals surface area contributed by atoms with Gasteiger partial charge < -0.3 is 24.7 Å². The standard InChI is InChI=1S/C20H16ClN3O5/c1-9-16(20(25)26-2)17(12(8-22)19(23)29-9)11-5-10-6-14-15(28-4-3-27-14)7-13(10)24-18(11)21/h5-7,17H,3-4,23H2,1-2H3/t17-/m0/s1. The van der Waals surface area contributed by atoms with E-state index in [1.165, 1.54) is 7.11 Å². The highest BCUT2D eigenvalue weighted by Crippen LogP contribution is 2.43. The third kappa shape index (κ3) is 3.09. The van der Waals surface area contributed by atoms with E-state index in [4.69, 9.17) is 36.3 Å². The highest BCUT2D eigenvalue weighted by Gasteiger charge is 2.37. The van der Waals surface area contributed by atoms with Gasteiger partial charge in [-0.3, -0.25) is 0 Å². The quantitative estimate of drug-likeness (QED) is 0.590. The number of halogens is 1. The molecule has 2 aliphatic rings. The van der Waals surface area contributed by atoms with Crippen LogP contribution in [0.4, 0.5) is 0 Å². The number of allylic oxidation sites excluding steroid dienone is 2. The molecular weight excluding hydrogens is 398 g/mol. The maximum atomic E-state index is 12.5. The minimum Gasteiger partial charge on any atom is -0.486 e. The molecule has 0 saturated heterocycles. The highest BCUT2D eigenvalue weighted by atomic mass is 35.5. The summed E-state index contributed by atoms with van der Waals surface area (Å²) in [6, 6.07) is 7.28. The normalized spacial score (nSPS) is 18.3. The minimum atomic E-state index is -0.876. The average Bonchev–Trinajstić information content (AvgIpc) is 2.71. The lowest BCUT2D eigenvalue weighted by molar-refractivity contribution is -0.136. The highest BCUT2D eigenvalue weighted by molar-refractivity contribution is 6.30. The fourth-order valence-corrected chi connectivity index (χ4v) is 3.73. The Bertz CT molecular complexity index is 1150. The van der Waals surface area contributed by atoms with Gasteiger partial charge in [0.1, 0.15) is 35.8 Å². The molecule has 8 nitrogen and oxygen atoms in total. The summed E-state index contributed by atoms with van der Waals surface area (Å²) < 4.78 is 21.5. The summed E-state index contributed by atoms with van der Waals surface area (Å²) in [5, 5.41) is 10.5. The number of carbonyl (C=O) groups excluding carboxylic acids is 1. The van der Waals surface area contributed by atoms with Crippen LogP contribution in [0.1, 0.15) is 18.4 Å². The van der Waals surface area contributed by atoms with Crippen molar-refractivity contribution in [1.82, 2.24) is 4.98 Å². The zero-order chi connectivity index (χ0) is 20.7. The molecule has 4 rings (SSSR count). The van der Waals surface area contributed by atoms with Crippen LogP contribution in [-0.2, 0) is 14.3 Å². The fourth-order valence-electron chi connectivity index (χ4n) is 3.47. The molecule has 0 bridgehead atoms. The summed E-state index contributed by atoms with van der Waals surface area (Å²) in [4.78, 5) is 16.9. The van der Waals surface area contributed by atoms with Gasteiger partial charge in [0.15, 0.2) is 11.5 Å². The predicted molar refractivity (Wildman–Crippen MR) is 103 cm³/mol. The lowest BCUT2D eigenvalue weighted by Gasteiger charge is -2.27. The second-order valence-corrected chi connectivity index (χ2v) is 6.80. The number of nitrogens with zero attached hydrogens (tertiary/aromatic N) is 2.